The van der Waals surface area contributed by atoms with Gasteiger partial charge in [0.15, 0.2) is 0 Å². The Bertz CT molecular complexity index is 747. The van der Waals surface area contributed by atoms with Gasteiger partial charge in [-0.05, 0) is 17.7 Å². The van der Waals surface area contributed by atoms with Gasteiger partial charge in [0.2, 0.25) is 0 Å². The quantitative estimate of drug-likeness (QED) is 0.734. The maximum atomic E-state index is 4.62. The average Bonchev–Trinajstić information content (AvgIpc) is 3.17. The summed E-state index contributed by atoms with van der Waals surface area (Å²) >= 11 is 0. The van der Waals surface area contributed by atoms with Crippen molar-refractivity contribution in [1.29, 1.82) is 0 Å². The molecular formula is C17H20N6. The molecule has 4 rings (SSSR count). The van der Waals surface area contributed by atoms with Crippen molar-refractivity contribution in [1.82, 2.24) is 29.2 Å². The number of hydrogen-bond acceptors (Lipinski definition) is 4. The van der Waals surface area contributed by atoms with Crippen molar-refractivity contribution in [2.75, 3.05) is 13.1 Å². The Morgan fingerprint density at radius 3 is 2.83 bits per heavy atom. The Hall–Kier alpha value is -2.47. The third kappa shape index (κ3) is 3.17. The molecule has 0 aromatic carbocycles. The monoisotopic (exact) mass is 308 g/mol. The van der Waals surface area contributed by atoms with E-state index in [2.05, 4.69) is 30.6 Å². The van der Waals surface area contributed by atoms with E-state index in [0.717, 1.165) is 39.1 Å². The average molecular weight is 308 g/mol. The zero-order valence-corrected chi connectivity index (χ0v) is 13.0. The van der Waals surface area contributed by atoms with Crippen LogP contribution in [0, 0.1) is 0 Å². The summed E-state index contributed by atoms with van der Waals surface area (Å²) in [5, 5.41) is 4.29. The van der Waals surface area contributed by atoms with Crippen LogP contribution in [-0.4, -0.2) is 42.3 Å². The van der Waals surface area contributed by atoms with Crippen molar-refractivity contribution in [3.63, 3.8) is 0 Å². The molecule has 0 bridgehead atoms. The van der Waals surface area contributed by atoms with Crippen LogP contribution >= 0.6 is 0 Å². The summed E-state index contributed by atoms with van der Waals surface area (Å²) in [7, 11) is 0. The third-order valence-electron chi connectivity index (χ3n) is 4.32. The maximum Gasteiger partial charge on any atom is 0.110 e. The molecule has 0 radical (unpaired) electrons. The van der Waals surface area contributed by atoms with Crippen molar-refractivity contribution < 1.29 is 0 Å². The third-order valence-corrected chi connectivity index (χ3v) is 4.32. The summed E-state index contributed by atoms with van der Waals surface area (Å²) in [6.45, 7) is 4.78. The van der Waals surface area contributed by atoms with Crippen LogP contribution in [0.5, 0.6) is 0 Å². The summed E-state index contributed by atoms with van der Waals surface area (Å²) in [5.41, 5.74) is 2.50. The van der Waals surface area contributed by atoms with E-state index in [4.69, 9.17) is 0 Å². The van der Waals surface area contributed by atoms with Gasteiger partial charge in [-0.3, -0.25) is 14.6 Å². The van der Waals surface area contributed by atoms with Gasteiger partial charge in [-0.2, -0.15) is 5.10 Å². The lowest BCUT2D eigenvalue weighted by molar-refractivity contribution is 0.270. The van der Waals surface area contributed by atoms with Crippen LogP contribution < -0.4 is 0 Å². The molecule has 1 aliphatic rings. The van der Waals surface area contributed by atoms with E-state index in [0.29, 0.717) is 0 Å². The van der Waals surface area contributed by atoms with E-state index in [1.807, 2.05) is 47.8 Å². The molecule has 0 N–H and O–H groups in total. The molecule has 0 unspecified atom stereocenters. The molecule has 0 atom stereocenters. The van der Waals surface area contributed by atoms with Gasteiger partial charge in [0.1, 0.15) is 5.82 Å². The lowest BCUT2D eigenvalue weighted by Crippen LogP contribution is -2.26. The molecule has 6 nitrogen and oxygen atoms in total. The van der Waals surface area contributed by atoms with Crippen molar-refractivity contribution in [2.24, 2.45) is 0 Å². The molecule has 23 heavy (non-hydrogen) atoms. The van der Waals surface area contributed by atoms with Crippen molar-refractivity contribution in [3.8, 4) is 0 Å². The van der Waals surface area contributed by atoms with Crippen molar-refractivity contribution in [3.05, 3.63) is 66.3 Å². The van der Waals surface area contributed by atoms with E-state index in [1.165, 1.54) is 17.1 Å². The van der Waals surface area contributed by atoms with E-state index < -0.39 is 0 Å². The van der Waals surface area contributed by atoms with E-state index in [9.17, 15) is 0 Å². The molecule has 0 saturated carbocycles. The number of fused-ring (bicyclic) bond motifs is 1. The van der Waals surface area contributed by atoms with Crippen LogP contribution in [0.25, 0.3) is 0 Å². The standard InChI is InChI=1S/C17H20N6/c1-3-15(11-18-5-1)13-21-8-4-17-19-12-16(23(17)10-9-21)14-22-7-2-6-20-22/h1-3,5-7,11-12H,4,8-10,13-14H2. The SMILES string of the molecule is c1cncc(CN2CCc3ncc(Cn4cccn4)n3CC2)c1. The van der Waals surface area contributed by atoms with Crippen LogP contribution in [-0.2, 0) is 26.1 Å². The Morgan fingerprint density at radius 2 is 2.00 bits per heavy atom. The lowest BCUT2D eigenvalue weighted by Gasteiger charge is -2.19. The highest BCUT2D eigenvalue weighted by atomic mass is 15.3. The summed E-state index contributed by atoms with van der Waals surface area (Å²) in [4.78, 5) is 11.3. The molecule has 0 aliphatic carbocycles. The molecule has 0 amide bonds. The maximum absolute atomic E-state index is 4.62. The second kappa shape index (κ2) is 6.34. The van der Waals surface area contributed by atoms with E-state index >= 15 is 0 Å². The number of imidazole rings is 1. The normalized spacial score (nSPS) is 15.3. The summed E-state index contributed by atoms with van der Waals surface area (Å²) in [6.07, 6.45) is 10.6. The Kier molecular flexibility index (Phi) is 3.90. The second-order valence-electron chi connectivity index (χ2n) is 5.91. The zero-order valence-electron chi connectivity index (χ0n) is 13.0. The van der Waals surface area contributed by atoms with Gasteiger partial charge in [-0.1, -0.05) is 6.07 Å². The highest BCUT2D eigenvalue weighted by molar-refractivity contribution is 5.10. The van der Waals surface area contributed by atoms with E-state index in [1.54, 1.807) is 0 Å². The minimum atomic E-state index is 0.780. The predicted molar refractivity (Wildman–Crippen MR) is 86.8 cm³/mol. The largest absolute Gasteiger partial charge is 0.329 e. The smallest absolute Gasteiger partial charge is 0.110 e. The van der Waals surface area contributed by atoms with Crippen LogP contribution in [0.3, 0.4) is 0 Å². The van der Waals surface area contributed by atoms with Crippen molar-refractivity contribution >= 4 is 0 Å². The fraction of sp³-hybridized carbons (Fsp3) is 0.353. The van der Waals surface area contributed by atoms with Gasteiger partial charge in [-0.15, -0.1) is 0 Å². The van der Waals surface area contributed by atoms with Crippen LogP contribution in [0.2, 0.25) is 0 Å². The molecule has 3 aromatic heterocycles. The Morgan fingerprint density at radius 1 is 1.00 bits per heavy atom. The minimum absolute atomic E-state index is 0.780. The number of pyridine rings is 1. The molecule has 0 spiro atoms. The Labute approximate surface area is 135 Å². The summed E-state index contributed by atoms with van der Waals surface area (Å²) in [6, 6.07) is 6.09. The van der Waals surface area contributed by atoms with Gasteiger partial charge in [0.25, 0.3) is 0 Å². The highest BCUT2D eigenvalue weighted by Crippen LogP contribution is 2.14. The summed E-state index contributed by atoms with van der Waals surface area (Å²) < 4.78 is 4.30. The van der Waals surface area contributed by atoms with Gasteiger partial charge in [0, 0.05) is 57.4 Å². The Balaban J connectivity index is 1.45. The van der Waals surface area contributed by atoms with Crippen LogP contribution in [0.4, 0.5) is 0 Å². The molecule has 4 heterocycles. The minimum Gasteiger partial charge on any atom is -0.329 e. The molecule has 118 valence electrons. The molecule has 1 aliphatic heterocycles. The molecule has 3 aromatic rings. The van der Waals surface area contributed by atoms with Gasteiger partial charge < -0.3 is 4.57 Å². The summed E-state index contributed by atoms with van der Waals surface area (Å²) in [5.74, 6) is 1.18. The zero-order chi connectivity index (χ0) is 15.5. The fourth-order valence-electron chi connectivity index (χ4n) is 3.13. The first-order valence-electron chi connectivity index (χ1n) is 8.00. The van der Waals surface area contributed by atoms with Crippen LogP contribution in [0.15, 0.2) is 49.2 Å². The number of nitrogens with zero attached hydrogens (tertiary/aromatic N) is 6. The molecule has 6 heteroatoms. The highest BCUT2D eigenvalue weighted by Gasteiger charge is 2.17. The molecule has 0 fully saturated rings. The van der Waals surface area contributed by atoms with Crippen LogP contribution in [0.1, 0.15) is 17.1 Å². The lowest BCUT2D eigenvalue weighted by atomic mass is 10.2. The first-order chi connectivity index (χ1) is 11.4. The fourth-order valence-corrected chi connectivity index (χ4v) is 3.13. The molecule has 0 saturated heterocycles. The first-order valence-corrected chi connectivity index (χ1v) is 8.00. The van der Waals surface area contributed by atoms with Gasteiger partial charge >= 0.3 is 0 Å². The number of aromatic nitrogens is 5. The number of hydrogen-bond donors (Lipinski definition) is 0. The second-order valence-corrected chi connectivity index (χ2v) is 5.91. The van der Waals surface area contributed by atoms with E-state index in [-0.39, 0.29) is 0 Å². The van der Waals surface area contributed by atoms with Gasteiger partial charge in [0.05, 0.1) is 18.4 Å². The first kappa shape index (κ1) is 14.1. The molecular weight excluding hydrogens is 288 g/mol. The number of rotatable bonds is 4. The van der Waals surface area contributed by atoms with Crippen molar-refractivity contribution in [2.45, 2.75) is 26.1 Å². The predicted octanol–water partition coefficient (Wildman–Crippen LogP) is 1.58. The van der Waals surface area contributed by atoms with Gasteiger partial charge in [-0.25, -0.2) is 4.98 Å². The topological polar surface area (TPSA) is 51.8 Å².